The van der Waals surface area contributed by atoms with Gasteiger partial charge in [-0.3, -0.25) is 0 Å². The summed E-state index contributed by atoms with van der Waals surface area (Å²) in [6.07, 6.45) is 5.58. The lowest BCUT2D eigenvalue weighted by Crippen LogP contribution is -1.84. The van der Waals surface area contributed by atoms with Crippen LogP contribution in [-0.2, 0) is 9.47 Å². The highest BCUT2D eigenvalue weighted by molar-refractivity contribution is 5.15. The summed E-state index contributed by atoms with van der Waals surface area (Å²) in [6, 6.07) is 0. The van der Waals surface area contributed by atoms with Gasteiger partial charge in [0.15, 0.2) is 0 Å². The molecular formula is C10H16O2. The summed E-state index contributed by atoms with van der Waals surface area (Å²) < 4.78 is 9.71. The van der Waals surface area contributed by atoms with Gasteiger partial charge in [-0.05, 0) is 12.5 Å². The van der Waals surface area contributed by atoms with E-state index in [1.165, 1.54) is 0 Å². The Bertz CT molecular complexity index is 162. The number of methoxy groups -OCH3 is 2. The molecule has 0 heterocycles. The Morgan fingerprint density at radius 1 is 1.17 bits per heavy atom. The van der Waals surface area contributed by atoms with E-state index >= 15 is 0 Å². The molecule has 0 aromatic carbocycles. The van der Waals surface area contributed by atoms with Crippen LogP contribution in [0.3, 0.4) is 0 Å². The lowest BCUT2D eigenvalue weighted by molar-refractivity contribution is 0.204. The molecule has 0 aliphatic rings. The Kier molecular flexibility index (Phi) is 9.56. The van der Waals surface area contributed by atoms with Crippen molar-refractivity contribution in [2.45, 2.75) is 12.8 Å². The van der Waals surface area contributed by atoms with Gasteiger partial charge in [0.05, 0.1) is 6.61 Å². The normalized spacial score (nSPS) is 9.83. The molecule has 0 saturated heterocycles. The third kappa shape index (κ3) is 9.22. The second-order valence-corrected chi connectivity index (χ2v) is 2.25. The highest BCUT2D eigenvalue weighted by Gasteiger charge is 1.75. The minimum Gasteiger partial charge on any atom is -0.384 e. The zero-order chi connectivity index (χ0) is 9.07. The van der Waals surface area contributed by atoms with Crippen LogP contribution in [-0.4, -0.2) is 27.4 Å². The molecule has 2 heteroatoms. The average Bonchev–Trinajstić information content (AvgIpc) is 2.10. The molecule has 68 valence electrons. The summed E-state index contributed by atoms with van der Waals surface area (Å²) in [5, 5.41) is 0. The van der Waals surface area contributed by atoms with Gasteiger partial charge in [-0.2, -0.15) is 0 Å². The van der Waals surface area contributed by atoms with E-state index in [9.17, 15) is 0 Å². The van der Waals surface area contributed by atoms with Crippen LogP contribution >= 0.6 is 0 Å². The van der Waals surface area contributed by atoms with E-state index in [1.807, 2.05) is 12.2 Å². The van der Waals surface area contributed by atoms with Crippen molar-refractivity contribution >= 4 is 0 Å². The molecule has 0 atom stereocenters. The Hall–Kier alpha value is -0.780. The second kappa shape index (κ2) is 10.2. The third-order valence-corrected chi connectivity index (χ3v) is 1.22. The summed E-state index contributed by atoms with van der Waals surface area (Å²) in [4.78, 5) is 0. The molecule has 12 heavy (non-hydrogen) atoms. The zero-order valence-corrected chi connectivity index (χ0v) is 7.80. The maximum atomic E-state index is 4.87. The molecule has 0 aromatic heterocycles. The maximum absolute atomic E-state index is 4.87. The Labute approximate surface area is 74.6 Å². The van der Waals surface area contributed by atoms with Crippen LogP contribution in [0.25, 0.3) is 0 Å². The molecule has 0 aliphatic heterocycles. The van der Waals surface area contributed by atoms with Crippen molar-refractivity contribution in [3.63, 3.8) is 0 Å². The lowest BCUT2D eigenvalue weighted by Gasteiger charge is -1.88. The molecular weight excluding hydrogens is 152 g/mol. The summed E-state index contributed by atoms with van der Waals surface area (Å²) in [5.41, 5.74) is 0. The van der Waals surface area contributed by atoms with Gasteiger partial charge >= 0.3 is 0 Å². The lowest BCUT2D eigenvalue weighted by atomic mass is 10.4. The molecule has 0 radical (unpaired) electrons. The van der Waals surface area contributed by atoms with Crippen molar-refractivity contribution < 1.29 is 9.47 Å². The zero-order valence-electron chi connectivity index (χ0n) is 7.80. The fourth-order valence-corrected chi connectivity index (χ4v) is 0.612. The van der Waals surface area contributed by atoms with Crippen molar-refractivity contribution in [2.24, 2.45) is 0 Å². The van der Waals surface area contributed by atoms with E-state index in [0.29, 0.717) is 6.61 Å². The van der Waals surface area contributed by atoms with Crippen molar-refractivity contribution in [1.82, 2.24) is 0 Å². The first kappa shape index (κ1) is 11.2. The van der Waals surface area contributed by atoms with Crippen LogP contribution in [0.4, 0.5) is 0 Å². The van der Waals surface area contributed by atoms with Gasteiger partial charge in [0.1, 0.15) is 0 Å². The molecule has 0 N–H and O–H groups in total. The Morgan fingerprint density at radius 3 is 2.58 bits per heavy atom. The van der Waals surface area contributed by atoms with Crippen LogP contribution in [0, 0.1) is 11.8 Å². The molecule has 0 spiro atoms. The largest absolute Gasteiger partial charge is 0.384 e. The Balaban J connectivity index is 3.23. The Morgan fingerprint density at radius 2 is 1.92 bits per heavy atom. The first-order valence-electron chi connectivity index (χ1n) is 4.03. The standard InChI is InChI=1S/C10H16O2/c1-11-9-7-5-3-4-6-8-10-12-2/h3,5H,7-10H2,1-2H3/b5-3-. The quantitative estimate of drug-likeness (QED) is 0.459. The van der Waals surface area contributed by atoms with Crippen molar-refractivity contribution in [3.05, 3.63) is 12.2 Å². The van der Waals surface area contributed by atoms with Gasteiger partial charge in [0.2, 0.25) is 0 Å². The number of allylic oxidation sites excluding steroid dienone is 1. The number of rotatable bonds is 5. The van der Waals surface area contributed by atoms with Crippen LogP contribution in [0.15, 0.2) is 12.2 Å². The molecule has 0 aliphatic carbocycles. The second-order valence-electron chi connectivity index (χ2n) is 2.25. The maximum Gasteiger partial charge on any atom is 0.0571 e. The first-order chi connectivity index (χ1) is 5.91. The fourth-order valence-electron chi connectivity index (χ4n) is 0.612. The average molecular weight is 168 g/mol. The van der Waals surface area contributed by atoms with Gasteiger partial charge in [0, 0.05) is 27.2 Å². The predicted octanol–water partition coefficient (Wildman–Crippen LogP) is 1.62. The van der Waals surface area contributed by atoms with Gasteiger partial charge < -0.3 is 9.47 Å². The highest BCUT2D eigenvalue weighted by Crippen LogP contribution is 1.82. The van der Waals surface area contributed by atoms with Crippen molar-refractivity contribution in [1.29, 1.82) is 0 Å². The topological polar surface area (TPSA) is 18.5 Å². The van der Waals surface area contributed by atoms with Gasteiger partial charge in [-0.25, -0.2) is 0 Å². The summed E-state index contributed by atoms with van der Waals surface area (Å²) >= 11 is 0. The monoisotopic (exact) mass is 168 g/mol. The molecule has 0 fully saturated rings. The molecule has 0 unspecified atom stereocenters. The van der Waals surface area contributed by atoms with Crippen molar-refractivity contribution in [2.75, 3.05) is 27.4 Å². The van der Waals surface area contributed by atoms with Gasteiger partial charge in [0.25, 0.3) is 0 Å². The number of ether oxygens (including phenoxy) is 2. The third-order valence-electron chi connectivity index (χ3n) is 1.22. The van der Waals surface area contributed by atoms with E-state index in [1.54, 1.807) is 14.2 Å². The first-order valence-corrected chi connectivity index (χ1v) is 4.03. The van der Waals surface area contributed by atoms with E-state index < -0.39 is 0 Å². The van der Waals surface area contributed by atoms with E-state index in [0.717, 1.165) is 19.4 Å². The van der Waals surface area contributed by atoms with Crippen LogP contribution in [0.1, 0.15) is 12.8 Å². The number of hydrogen-bond acceptors (Lipinski definition) is 2. The summed E-state index contributed by atoms with van der Waals surface area (Å²) in [7, 11) is 3.37. The van der Waals surface area contributed by atoms with Crippen molar-refractivity contribution in [3.8, 4) is 11.8 Å². The minimum absolute atomic E-state index is 0.707. The van der Waals surface area contributed by atoms with E-state index in [4.69, 9.17) is 9.47 Å². The fraction of sp³-hybridized carbons (Fsp3) is 0.600. The van der Waals surface area contributed by atoms with E-state index in [-0.39, 0.29) is 0 Å². The highest BCUT2D eigenvalue weighted by atomic mass is 16.5. The van der Waals surface area contributed by atoms with E-state index in [2.05, 4.69) is 11.8 Å². The molecule has 0 saturated carbocycles. The summed E-state index contributed by atoms with van der Waals surface area (Å²) in [5.74, 6) is 5.87. The molecule has 2 nitrogen and oxygen atoms in total. The predicted molar refractivity (Wildman–Crippen MR) is 49.9 cm³/mol. The molecule has 0 amide bonds. The minimum atomic E-state index is 0.707. The van der Waals surface area contributed by atoms with Crippen LogP contribution in [0.2, 0.25) is 0 Å². The molecule has 0 aromatic rings. The number of hydrogen-bond donors (Lipinski definition) is 0. The molecule has 0 rings (SSSR count). The SMILES string of the molecule is COCCC#C/C=C\CCOC. The smallest absolute Gasteiger partial charge is 0.0571 e. The molecule has 0 bridgehead atoms. The van der Waals surface area contributed by atoms with Crippen LogP contribution < -0.4 is 0 Å². The summed E-state index contributed by atoms with van der Waals surface area (Å²) in [6.45, 7) is 1.47. The van der Waals surface area contributed by atoms with Gasteiger partial charge in [-0.15, -0.1) is 0 Å². The van der Waals surface area contributed by atoms with Gasteiger partial charge in [-0.1, -0.05) is 17.9 Å². The van der Waals surface area contributed by atoms with Crippen LogP contribution in [0.5, 0.6) is 0 Å².